The monoisotopic (exact) mass is 706 g/mol. The van der Waals surface area contributed by atoms with E-state index < -0.39 is 21.7 Å². The Kier molecular flexibility index (Phi) is 10.8. The molecular weight excluding hydrogens is 665 g/mol. The van der Waals surface area contributed by atoms with E-state index in [0.29, 0.717) is 22.3 Å². The van der Waals surface area contributed by atoms with Gasteiger partial charge in [-0.2, -0.15) is 8.42 Å². The van der Waals surface area contributed by atoms with Crippen LogP contribution in [0.5, 0.6) is 0 Å². The lowest BCUT2D eigenvalue weighted by Crippen LogP contribution is -2.42. The number of para-hydroxylation sites is 1. The molecule has 0 radical (unpaired) electrons. The molecule has 0 bridgehead atoms. The summed E-state index contributed by atoms with van der Waals surface area (Å²) < 4.78 is 38.7. The SMILES string of the molecule is Cc1ccc(S(=O)(=O)OCCn2cc(CCCN(C)C3CCC(OC(=O)C(O)(c4cccs4)c4cccs4)CC3)c3ccccc32)cc1. The molecule has 1 fully saturated rings. The fourth-order valence-electron chi connectivity index (χ4n) is 6.56. The number of aromatic nitrogens is 1. The first-order valence-electron chi connectivity index (χ1n) is 16.4. The zero-order valence-electron chi connectivity index (χ0n) is 27.3. The lowest BCUT2D eigenvalue weighted by atomic mass is 9.91. The maximum atomic E-state index is 13.4. The lowest BCUT2D eigenvalue weighted by Gasteiger charge is -2.35. The van der Waals surface area contributed by atoms with Gasteiger partial charge in [-0.1, -0.05) is 48.0 Å². The van der Waals surface area contributed by atoms with E-state index in [4.69, 9.17) is 8.92 Å². The standard InChI is InChI=1S/C37H42N2O6S3/c1-27-13-19-31(20-14-27)48(42,43)44-23-22-39-26-28(32-9-3-4-10-33(32)39)8-5-21-38(2)29-15-17-30(18-16-29)45-36(40)37(41,34-11-6-24-46-34)35-12-7-25-47-35/h3-4,6-7,9-14,19-20,24-26,29-30,41H,5,8,15-18,21-23H2,1-2H3. The van der Waals surface area contributed by atoms with Crippen LogP contribution in [0.2, 0.25) is 0 Å². The van der Waals surface area contributed by atoms with E-state index in [1.54, 1.807) is 36.4 Å². The molecule has 8 nitrogen and oxygen atoms in total. The molecule has 0 aliphatic heterocycles. The Hall–Kier alpha value is -3.32. The Morgan fingerprint density at radius 1 is 0.958 bits per heavy atom. The molecule has 0 atom stereocenters. The van der Waals surface area contributed by atoms with Gasteiger partial charge in [-0.15, -0.1) is 22.7 Å². The van der Waals surface area contributed by atoms with Crippen LogP contribution in [0.3, 0.4) is 0 Å². The molecule has 1 aliphatic carbocycles. The van der Waals surface area contributed by atoms with Crippen molar-refractivity contribution in [2.75, 3.05) is 20.2 Å². The normalized spacial score (nSPS) is 17.2. The molecule has 1 N–H and O–H groups in total. The summed E-state index contributed by atoms with van der Waals surface area (Å²) in [4.78, 5) is 17.1. The number of fused-ring (bicyclic) bond motifs is 1. The summed E-state index contributed by atoms with van der Waals surface area (Å²) in [5.41, 5.74) is 1.52. The molecule has 3 heterocycles. The van der Waals surface area contributed by atoms with E-state index >= 15 is 0 Å². The molecule has 0 spiro atoms. The minimum absolute atomic E-state index is 0.0520. The Labute approximate surface area is 290 Å². The molecule has 254 valence electrons. The lowest BCUT2D eigenvalue weighted by molar-refractivity contribution is -0.169. The van der Waals surface area contributed by atoms with Crippen LogP contribution in [0.4, 0.5) is 0 Å². The van der Waals surface area contributed by atoms with Crippen LogP contribution in [-0.2, 0) is 42.4 Å². The van der Waals surface area contributed by atoms with Crippen molar-refractivity contribution in [1.82, 2.24) is 9.47 Å². The second-order valence-corrected chi connectivity index (χ2v) is 16.0. The van der Waals surface area contributed by atoms with Gasteiger partial charge in [0.15, 0.2) is 0 Å². The second-order valence-electron chi connectivity index (χ2n) is 12.5. The summed E-state index contributed by atoms with van der Waals surface area (Å²) in [6, 6.07) is 22.5. The number of benzene rings is 2. The molecule has 3 aromatic heterocycles. The van der Waals surface area contributed by atoms with Gasteiger partial charge >= 0.3 is 5.97 Å². The highest BCUT2D eigenvalue weighted by atomic mass is 32.2. The quantitative estimate of drug-likeness (QED) is 0.0969. The number of ether oxygens (including phenoxy) is 1. The van der Waals surface area contributed by atoms with Crippen LogP contribution < -0.4 is 0 Å². The molecule has 6 rings (SSSR count). The predicted molar refractivity (Wildman–Crippen MR) is 191 cm³/mol. The van der Waals surface area contributed by atoms with Crippen LogP contribution in [-0.4, -0.2) is 61.3 Å². The molecule has 1 saturated carbocycles. The number of carbonyl (C=O) groups excluding carboxylic acids is 1. The Morgan fingerprint density at radius 3 is 2.27 bits per heavy atom. The number of aryl methyl sites for hydroxylation is 2. The van der Waals surface area contributed by atoms with Crippen LogP contribution in [0.15, 0.2) is 94.6 Å². The maximum Gasteiger partial charge on any atom is 0.349 e. The molecule has 1 aliphatic rings. The van der Waals surface area contributed by atoms with Crippen molar-refractivity contribution < 1.29 is 27.2 Å². The van der Waals surface area contributed by atoms with Crippen LogP contribution in [0.1, 0.15) is 53.0 Å². The highest BCUT2D eigenvalue weighted by Crippen LogP contribution is 2.38. The van der Waals surface area contributed by atoms with Crippen LogP contribution in [0.25, 0.3) is 10.9 Å². The molecule has 48 heavy (non-hydrogen) atoms. The fourth-order valence-corrected chi connectivity index (χ4v) is 9.17. The molecule has 0 unspecified atom stereocenters. The van der Waals surface area contributed by atoms with Crippen molar-refractivity contribution >= 4 is 49.7 Å². The van der Waals surface area contributed by atoms with E-state index in [1.165, 1.54) is 33.6 Å². The van der Waals surface area contributed by atoms with Gasteiger partial charge in [0.1, 0.15) is 6.10 Å². The second kappa shape index (κ2) is 15.1. The van der Waals surface area contributed by atoms with Gasteiger partial charge in [-0.05, 0) is 106 Å². The number of hydrogen-bond donors (Lipinski definition) is 1. The summed E-state index contributed by atoms with van der Waals surface area (Å²) in [6.45, 7) is 3.33. The number of rotatable bonds is 14. The topological polar surface area (TPSA) is 98.1 Å². The summed E-state index contributed by atoms with van der Waals surface area (Å²) in [7, 11) is -1.65. The molecule has 0 amide bonds. The van der Waals surface area contributed by atoms with Crippen molar-refractivity contribution in [3.8, 4) is 0 Å². The molecule has 2 aromatic carbocycles. The van der Waals surface area contributed by atoms with Crippen LogP contribution >= 0.6 is 22.7 Å². The third kappa shape index (κ3) is 7.61. The predicted octanol–water partition coefficient (Wildman–Crippen LogP) is 7.13. The maximum absolute atomic E-state index is 13.4. The average molecular weight is 707 g/mol. The van der Waals surface area contributed by atoms with Crippen molar-refractivity contribution in [2.24, 2.45) is 0 Å². The minimum Gasteiger partial charge on any atom is -0.460 e. The zero-order chi connectivity index (χ0) is 33.7. The molecular formula is C37H42N2O6S3. The smallest absolute Gasteiger partial charge is 0.349 e. The highest BCUT2D eigenvalue weighted by molar-refractivity contribution is 7.86. The Bertz CT molecular complexity index is 1860. The van der Waals surface area contributed by atoms with Gasteiger partial charge in [0.05, 0.1) is 21.3 Å². The van der Waals surface area contributed by atoms with E-state index in [0.717, 1.165) is 56.1 Å². The van der Waals surface area contributed by atoms with Gasteiger partial charge in [0, 0.05) is 29.7 Å². The Balaban J connectivity index is 0.989. The van der Waals surface area contributed by atoms with Gasteiger partial charge in [0.25, 0.3) is 10.1 Å². The van der Waals surface area contributed by atoms with E-state index in [-0.39, 0.29) is 17.6 Å². The van der Waals surface area contributed by atoms with E-state index in [2.05, 4.69) is 34.8 Å². The first-order chi connectivity index (χ1) is 23.1. The first-order valence-corrected chi connectivity index (χ1v) is 19.6. The number of hydrogen-bond acceptors (Lipinski definition) is 9. The largest absolute Gasteiger partial charge is 0.460 e. The van der Waals surface area contributed by atoms with Crippen molar-refractivity contribution in [3.05, 3.63) is 111 Å². The van der Waals surface area contributed by atoms with Crippen molar-refractivity contribution in [1.29, 1.82) is 0 Å². The summed E-state index contributed by atoms with van der Waals surface area (Å²) in [6.07, 6.45) is 7.17. The Morgan fingerprint density at radius 2 is 1.62 bits per heavy atom. The van der Waals surface area contributed by atoms with Crippen LogP contribution in [0, 0.1) is 6.92 Å². The average Bonchev–Trinajstić information content (AvgIpc) is 3.88. The molecule has 0 saturated heterocycles. The third-order valence-corrected chi connectivity index (χ3v) is 12.6. The zero-order valence-corrected chi connectivity index (χ0v) is 29.7. The molecule has 5 aromatic rings. The summed E-state index contributed by atoms with van der Waals surface area (Å²) in [5, 5.41) is 16.5. The number of nitrogens with zero attached hydrogens (tertiary/aromatic N) is 2. The number of aliphatic hydroxyl groups is 1. The van der Waals surface area contributed by atoms with Gasteiger partial charge in [-0.3, -0.25) is 4.18 Å². The number of thiophene rings is 2. The van der Waals surface area contributed by atoms with E-state index in [9.17, 15) is 18.3 Å². The van der Waals surface area contributed by atoms with Gasteiger partial charge < -0.3 is 19.3 Å². The number of carbonyl (C=O) groups is 1. The molecule has 11 heteroatoms. The van der Waals surface area contributed by atoms with E-state index in [1.807, 2.05) is 41.9 Å². The van der Waals surface area contributed by atoms with Crippen molar-refractivity contribution in [2.45, 2.75) is 74.6 Å². The number of esters is 1. The fraction of sp³-hybridized carbons (Fsp3) is 0.378. The van der Waals surface area contributed by atoms with Gasteiger partial charge in [-0.25, -0.2) is 4.79 Å². The first kappa shape index (κ1) is 34.5. The van der Waals surface area contributed by atoms with Gasteiger partial charge in [0.2, 0.25) is 5.60 Å². The van der Waals surface area contributed by atoms with Crippen molar-refractivity contribution in [3.63, 3.8) is 0 Å². The summed E-state index contributed by atoms with van der Waals surface area (Å²) in [5.74, 6) is -0.595. The third-order valence-electron chi connectivity index (χ3n) is 9.30. The highest BCUT2D eigenvalue weighted by Gasteiger charge is 2.45. The summed E-state index contributed by atoms with van der Waals surface area (Å²) >= 11 is 2.71. The minimum atomic E-state index is -3.82.